The number of rotatable bonds is 2. The van der Waals surface area contributed by atoms with Crippen LogP contribution in [0.4, 0.5) is 5.69 Å². The fourth-order valence-corrected chi connectivity index (χ4v) is 2.66. The number of nitrogen functional groups attached to an aromatic ring is 1. The summed E-state index contributed by atoms with van der Waals surface area (Å²) in [6, 6.07) is 11.8. The van der Waals surface area contributed by atoms with Crippen LogP contribution in [0.25, 0.3) is 17.1 Å². The van der Waals surface area contributed by atoms with Gasteiger partial charge in [-0.3, -0.25) is 0 Å². The van der Waals surface area contributed by atoms with E-state index in [0.717, 1.165) is 26.9 Å². The molecule has 0 bridgehead atoms. The van der Waals surface area contributed by atoms with Crippen molar-refractivity contribution >= 4 is 21.6 Å². The Morgan fingerprint density at radius 3 is 2.67 bits per heavy atom. The molecule has 3 rings (SSSR count). The van der Waals surface area contributed by atoms with Gasteiger partial charge in [0.1, 0.15) is 0 Å². The van der Waals surface area contributed by atoms with Gasteiger partial charge in [0.25, 0.3) is 0 Å². The van der Waals surface area contributed by atoms with E-state index in [1.54, 1.807) is 4.68 Å². The van der Waals surface area contributed by atoms with Crippen LogP contribution in [0.2, 0.25) is 0 Å². The highest BCUT2D eigenvalue weighted by Crippen LogP contribution is 2.30. The van der Waals surface area contributed by atoms with Crippen molar-refractivity contribution in [1.82, 2.24) is 20.2 Å². The highest BCUT2D eigenvalue weighted by Gasteiger charge is 2.16. The highest BCUT2D eigenvalue weighted by molar-refractivity contribution is 9.10. The van der Waals surface area contributed by atoms with Crippen molar-refractivity contribution in [1.29, 1.82) is 0 Å². The normalized spacial score (nSPS) is 10.8. The largest absolute Gasteiger partial charge is 0.398 e. The standard InChI is InChI=1S/C15H14BrN5/c1-9-6-7-11(16)8-13(9)21-15(18-19-20-21)14-10(2)4-3-5-12(14)17/h3-8H,17H2,1-2H3. The molecule has 21 heavy (non-hydrogen) atoms. The van der Waals surface area contributed by atoms with Gasteiger partial charge in [0.2, 0.25) is 0 Å². The average molecular weight is 344 g/mol. The van der Waals surface area contributed by atoms with E-state index in [4.69, 9.17) is 5.73 Å². The predicted octanol–water partition coefficient (Wildman–Crippen LogP) is 3.29. The van der Waals surface area contributed by atoms with Gasteiger partial charge >= 0.3 is 0 Å². The van der Waals surface area contributed by atoms with E-state index in [-0.39, 0.29) is 0 Å². The summed E-state index contributed by atoms with van der Waals surface area (Å²) in [6.45, 7) is 4.02. The molecule has 2 aromatic carbocycles. The van der Waals surface area contributed by atoms with Gasteiger partial charge in [-0.05, 0) is 53.6 Å². The molecule has 0 aliphatic carbocycles. The van der Waals surface area contributed by atoms with Gasteiger partial charge in [-0.2, -0.15) is 4.68 Å². The maximum absolute atomic E-state index is 6.11. The lowest BCUT2D eigenvalue weighted by atomic mass is 10.1. The number of nitrogens with zero attached hydrogens (tertiary/aromatic N) is 4. The van der Waals surface area contributed by atoms with Gasteiger partial charge in [0.05, 0.1) is 5.69 Å². The topological polar surface area (TPSA) is 69.6 Å². The Bertz CT molecular complexity index is 789. The molecule has 106 valence electrons. The fourth-order valence-electron chi connectivity index (χ4n) is 2.31. The van der Waals surface area contributed by atoms with Gasteiger partial charge in [-0.25, -0.2) is 0 Å². The van der Waals surface area contributed by atoms with Crippen molar-refractivity contribution in [2.75, 3.05) is 5.73 Å². The average Bonchev–Trinajstić information content (AvgIpc) is 2.90. The van der Waals surface area contributed by atoms with E-state index in [1.165, 1.54) is 0 Å². The molecule has 1 aromatic heterocycles. The zero-order valence-electron chi connectivity index (χ0n) is 11.7. The van der Waals surface area contributed by atoms with E-state index < -0.39 is 0 Å². The van der Waals surface area contributed by atoms with Crippen LogP contribution in [0, 0.1) is 13.8 Å². The van der Waals surface area contributed by atoms with Gasteiger partial charge in [-0.1, -0.05) is 34.1 Å². The second-order valence-corrected chi connectivity index (χ2v) is 5.80. The molecule has 6 heteroatoms. The number of aryl methyl sites for hydroxylation is 2. The second kappa shape index (κ2) is 5.29. The molecular formula is C15H14BrN5. The number of anilines is 1. The van der Waals surface area contributed by atoms with Crippen molar-refractivity contribution in [3.63, 3.8) is 0 Å². The van der Waals surface area contributed by atoms with Crippen LogP contribution < -0.4 is 5.73 Å². The Balaban J connectivity index is 2.25. The third-order valence-electron chi connectivity index (χ3n) is 3.40. The number of aromatic nitrogens is 4. The SMILES string of the molecule is Cc1ccc(Br)cc1-n1nnnc1-c1c(C)cccc1N. The summed E-state index contributed by atoms with van der Waals surface area (Å²) in [5.74, 6) is 0.645. The van der Waals surface area contributed by atoms with Crippen LogP contribution in [0.15, 0.2) is 40.9 Å². The van der Waals surface area contributed by atoms with E-state index >= 15 is 0 Å². The Morgan fingerprint density at radius 1 is 1.10 bits per heavy atom. The summed E-state index contributed by atoms with van der Waals surface area (Å²) in [5, 5.41) is 12.1. The number of tetrazole rings is 1. The summed E-state index contributed by atoms with van der Waals surface area (Å²) < 4.78 is 2.70. The van der Waals surface area contributed by atoms with Crippen LogP contribution in [-0.4, -0.2) is 20.2 Å². The van der Waals surface area contributed by atoms with Crippen LogP contribution in [0.5, 0.6) is 0 Å². The van der Waals surface area contributed by atoms with Crippen molar-refractivity contribution in [2.24, 2.45) is 0 Å². The molecule has 0 amide bonds. The van der Waals surface area contributed by atoms with Gasteiger partial charge in [-0.15, -0.1) is 5.10 Å². The van der Waals surface area contributed by atoms with Crippen molar-refractivity contribution < 1.29 is 0 Å². The Morgan fingerprint density at radius 2 is 1.90 bits per heavy atom. The second-order valence-electron chi connectivity index (χ2n) is 4.88. The molecule has 0 radical (unpaired) electrons. The molecule has 0 fully saturated rings. The number of hydrogen-bond acceptors (Lipinski definition) is 4. The maximum Gasteiger partial charge on any atom is 0.189 e. The minimum atomic E-state index is 0.645. The van der Waals surface area contributed by atoms with Gasteiger partial charge < -0.3 is 5.73 Å². The Labute approximate surface area is 130 Å². The Hall–Kier alpha value is -2.21. The van der Waals surface area contributed by atoms with Crippen molar-refractivity contribution in [2.45, 2.75) is 13.8 Å². The van der Waals surface area contributed by atoms with Crippen LogP contribution >= 0.6 is 15.9 Å². The van der Waals surface area contributed by atoms with E-state index in [9.17, 15) is 0 Å². The van der Waals surface area contributed by atoms with Crippen LogP contribution in [0.1, 0.15) is 11.1 Å². The third kappa shape index (κ3) is 2.42. The quantitative estimate of drug-likeness (QED) is 0.725. The first-order chi connectivity index (χ1) is 10.1. The summed E-state index contributed by atoms with van der Waals surface area (Å²) in [6.07, 6.45) is 0. The number of halogens is 1. The molecule has 1 heterocycles. The minimum absolute atomic E-state index is 0.645. The first kappa shape index (κ1) is 13.8. The lowest BCUT2D eigenvalue weighted by Gasteiger charge is -2.11. The Kier molecular flexibility index (Phi) is 3.47. The first-order valence-corrected chi connectivity index (χ1v) is 7.27. The lowest BCUT2D eigenvalue weighted by molar-refractivity contribution is 0.787. The molecule has 5 nitrogen and oxygen atoms in total. The molecular weight excluding hydrogens is 330 g/mol. The summed E-state index contributed by atoms with van der Waals surface area (Å²) >= 11 is 3.49. The summed E-state index contributed by atoms with van der Waals surface area (Å²) in [5.41, 5.74) is 10.7. The molecule has 3 aromatic rings. The fraction of sp³-hybridized carbons (Fsp3) is 0.133. The molecule has 0 unspecified atom stereocenters. The van der Waals surface area contributed by atoms with Crippen molar-refractivity contribution in [3.8, 4) is 17.1 Å². The maximum atomic E-state index is 6.11. The van der Waals surface area contributed by atoms with E-state index in [0.29, 0.717) is 11.5 Å². The summed E-state index contributed by atoms with van der Waals surface area (Å²) in [7, 11) is 0. The molecule has 0 aliphatic heterocycles. The smallest absolute Gasteiger partial charge is 0.189 e. The zero-order chi connectivity index (χ0) is 15.0. The molecule has 0 atom stereocenters. The van der Waals surface area contributed by atoms with E-state index in [1.807, 2.05) is 50.2 Å². The number of benzene rings is 2. The van der Waals surface area contributed by atoms with E-state index in [2.05, 4.69) is 31.5 Å². The summed E-state index contributed by atoms with van der Waals surface area (Å²) in [4.78, 5) is 0. The molecule has 0 aliphatic rings. The minimum Gasteiger partial charge on any atom is -0.398 e. The highest BCUT2D eigenvalue weighted by atomic mass is 79.9. The number of nitrogens with two attached hydrogens (primary N) is 1. The molecule has 0 saturated carbocycles. The monoisotopic (exact) mass is 343 g/mol. The van der Waals surface area contributed by atoms with Gasteiger partial charge in [0.15, 0.2) is 5.82 Å². The molecule has 0 spiro atoms. The zero-order valence-corrected chi connectivity index (χ0v) is 13.3. The molecule has 0 saturated heterocycles. The van der Waals surface area contributed by atoms with Crippen LogP contribution in [-0.2, 0) is 0 Å². The third-order valence-corrected chi connectivity index (χ3v) is 3.89. The van der Waals surface area contributed by atoms with Crippen LogP contribution in [0.3, 0.4) is 0 Å². The lowest BCUT2D eigenvalue weighted by Crippen LogP contribution is -2.04. The first-order valence-electron chi connectivity index (χ1n) is 6.48. The van der Waals surface area contributed by atoms with Crippen molar-refractivity contribution in [3.05, 3.63) is 52.0 Å². The van der Waals surface area contributed by atoms with Gasteiger partial charge in [0, 0.05) is 15.7 Å². The molecule has 2 N–H and O–H groups in total. The predicted molar refractivity (Wildman–Crippen MR) is 86.2 cm³/mol. The number of hydrogen-bond donors (Lipinski definition) is 1.